The van der Waals surface area contributed by atoms with E-state index < -0.39 is 41.6 Å². The first-order valence-corrected chi connectivity index (χ1v) is 14.6. The van der Waals surface area contributed by atoms with Gasteiger partial charge in [-0.15, -0.1) is 0 Å². The molecule has 2 N–H and O–H groups in total. The number of alkyl carbamates (subject to hydrolysis) is 1. The van der Waals surface area contributed by atoms with Crippen LogP contribution in [0, 0.1) is 10.8 Å². The van der Waals surface area contributed by atoms with Gasteiger partial charge in [-0.05, 0) is 53.2 Å². The molecule has 0 saturated carbocycles. The molecule has 3 amide bonds. The largest absolute Gasteiger partial charge is 0.467 e. The van der Waals surface area contributed by atoms with Crippen LogP contribution in [0.2, 0.25) is 0 Å². The Hall–Kier alpha value is -3.14. The van der Waals surface area contributed by atoms with E-state index in [4.69, 9.17) is 9.47 Å². The average molecular weight is 574 g/mol. The van der Waals surface area contributed by atoms with E-state index in [1.807, 2.05) is 34.6 Å². The highest BCUT2D eigenvalue weighted by Crippen LogP contribution is 2.31. The number of aliphatic hydroxyl groups excluding tert-OH is 1. The molecule has 2 heterocycles. The van der Waals surface area contributed by atoms with Gasteiger partial charge in [0.1, 0.15) is 12.1 Å². The molecule has 0 aliphatic carbocycles. The monoisotopic (exact) mass is 573 g/mol. The summed E-state index contributed by atoms with van der Waals surface area (Å²) in [4.78, 5) is 53.0. The molecule has 0 bridgehead atoms. The fraction of sp³-hybridized carbons (Fsp3) is 0.677. The summed E-state index contributed by atoms with van der Waals surface area (Å²) < 4.78 is 10.4. The Labute approximate surface area is 243 Å². The van der Waals surface area contributed by atoms with E-state index in [-0.39, 0.29) is 25.0 Å². The number of hydrogen-bond donors (Lipinski definition) is 2. The van der Waals surface area contributed by atoms with Gasteiger partial charge in [-0.25, -0.2) is 9.59 Å². The minimum Gasteiger partial charge on any atom is -0.467 e. The van der Waals surface area contributed by atoms with E-state index in [0.29, 0.717) is 19.5 Å². The van der Waals surface area contributed by atoms with Crippen molar-refractivity contribution in [1.82, 2.24) is 15.1 Å². The van der Waals surface area contributed by atoms with Crippen LogP contribution in [0.1, 0.15) is 83.4 Å². The Morgan fingerprint density at radius 3 is 2.56 bits per heavy atom. The van der Waals surface area contributed by atoms with Gasteiger partial charge in [0.25, 0.3) is 0 Å². The Morgan fingerprint density at radius 2 is 1.90 bits per heavy atom. The fourth-order valence-corrected chi connectivity index (χ4v) is 5.62. The minimum absolute atomic E-state index is 0.000215. The Balaban J connectivity index is 1.52. The highest BCUT2D eigenvalue weighted by Gasteiger charge is 2.46. The van der Waals surface area contributed by atoms with E-state index in [0.717, 1.165) is 32.1 Å². The van der Waals surface area contributed by atoms with Gasteiger partial charge in [-0.1, -0.05) is 59.2 Å². The number of esters is 1. The number of amides is 3. The first-order chi connectivity index (χ1) is 19.3. The molecule has 10 nitrogen and oxygen atoms in total. The van der Waals surface area contributed by atoms with Crippen molar-refractivity contribution in [3.8, 4) is 0 Å². The third kappa shape index (κ3) is 8.21. The van der Waals surface area contributed by atoms with Crippen molar-refractivity contribution in [3.05, 3.63) is 34.9 Å². The van der Waals surface area contributed by atoms with Gasteiger partial charge < -0.3 is 29.7 Å². The molecular formula is C31H47N3O7. The molecule has 41 heavy (non-hydrogen) atoms. The van der Waals surface area contributed by atoms with Crippen LogP contribution < -0.4 is 5.32 Å². The van der Waals surface area contributed by atoms with Crippen molar-refractivity contribution in [1.29, 1.82) is 0 Å². The van der Waals surface area contributed by atoms with Crippen molar-refractivity contribution >= 4 is 24.4 Å². The summed E-state index contributed by atoms with van der Waals surface area (Å²) in [7, 11) is 1.25. The van der Waals surface area contributed by atoms with Gasteiger partial charge in [0, 0.05) is 26.1 Å². The molecule has 3 rings (SSSR count). The first-order valence-electron chi connectivity index (χ1n) is 14.6. The first kappa shape index (κ1) is 32.4. The van der Waals surface area contributed by atoms with Crippen molar-refractivity contribution in [2.75, 3.05) is 20.3 Å². The number of fused-ring (bicyclic) bond motifs is 1. The van der Waals surface area contributed by atoms with Crippen LogP contribution in [-0.2, 0) is 43.4 Å². The molecule has 1 saturated heterocycles. The molecule has 0 aromatic heterocycles. The van der Waals surface area contributed by atoms with Gasteiger partial charge in [0.15, 0.2) is 0 Å². The number of benzene rings is 1. The number of aryl methyl sites for hydroxylation is 1. The van der Waals surface area contributed by atoms with E-state index in [1.165, 1.54) is 28.7 Å². The Morgan fingerprint density at radius 1 is 1.17 bits per heavy atom. The van der Waals surface area contributed by atoms with Crippen molar-refractivity contribution in [2.24, 2.45) is 10.8 Å². The summed E-state index contributed by atoms with van der Waals surface area (Å²) in [6, 6.07) is 4.44. The smallest absolute Gasteiger partial charge is 0.407 e. The maximum atomic E-state index is 13.6. The topological polar surface area (TPSA) is 125 Å². The van der Waals surface area contributed by atoms with E-state index in [9.17, 15) is 24.3 Å². The maximum absolute atomic E-state index is 13.6. The number of aliphatic hydroxyl groups is 1. The molecule has 10 heteroatoms. The van der Waals surface area contributed by atoms with Crippen molar-refractivity contribution in [3.63, 3.8) is 0 Å². The summed E-state index contributed by atoms with van der Waals surface area (Å²) in [6.45, 7) is 11.3. The zero-order valence-corrected chi connectivity index (χ0v) is 25.4. The lowest BCUT2D eigenvalue weighted by Crippen LogP contribution is -2.57. The summed E-state index contributed by atoms with van der Waals surface area (Å²) in [5.74, 6) is -1.03. The summed E-state index contributed by atoms with van der Waals surface area (Å²) >= 11 is 0. The number of β-amino-alcohol motifs (C(OH)–C–C–N with tert-alkyl or cyclic N) is 1. The summed E-state index contributed by atoms with van der Waals surface area (Å²) in [6.07, 6.45) is 3.78. The lowest BCUT2D eigenvalue weighted by atomic mass is 9.81. The summed E-state index contributed by atoms with van der Waals surface area (Å²) in [5.41, 5.74) is 2.88. The van der Waals surface area contributed by atoms with Gasteiger partial charge >= 0.3 is 12.1 Å². The molecule has 1 aromatic carbocycles. The molecule has 0 spiro atoms. The molecule has 1 fully saturated rings. The average Bonchev–Trinajstić information content (AvgIpc) is 3.56. The Kier molecular flexibility index (Phi) is 10.8. The summed E-state index contributed by atoms with van der Waals surface area (Å²) in [5, 5.41) is 12.9. The van der Waals surface area contributed by atoms with E-state index >= 15 is 0 Å². The van der Waals surface area contributed by atoms with Crippen LogP contribution >= 0.6 is 0 Å². The molecule has 2 aliphatic heterocycles. The fourth-order valence-electron chi connectivity index (χ4n) is 5.62. The predicted octanol–water partition coefficient (Wildman–Crippen LogP) is 3.56. The van der Waals surface area contributed by atoms with E-state index in [1.54, 1.807) is 4.90 Å². The second-order valence-electron chi connectivity index (χ2n) is 12.9. The molecule has 2 aliphatic rings. The molecule has 3 atom stereocenters. The number of carbonyl (C=O) groups is 4. The normalized spacial score (nSPS) is 19.5. The number of unbranched alkanes of at least 4 members (excludes halogenated alkanes) is 1. The van der Waals surface area contributed by atoms with Crippen LogP contribution in [0.4, 0.5) is 4.79 Å². The Bertz CT molecular complexity index is 1100. The van der Waals surface area contributed by atoms with Gasteiger partial charge in [-0.3, -0.25) is 9.59 Å². The van der Waals surface area contributed by atoms with Crippen LogP contribution in [0.3, 0.4) is 0 Å². The lowest BCUT2D eigenvalue weighted by Gasteiger charge is -2.36. The molecule has 228 valence electrons. The van der Waals surface area contributed by atoms with Crippen LogP contribution in [0.15, 0.2) is 18.2 Å². The van der Waals surface area contributed by atoms with Gasteiger partial charge in [-0.2, -0.15) is 0 Å². The zero-order valence-electron chi connectivity index (χ0n) is 25.4. The predicted molar refractivity (Wildman–Crippen MR) is 154 cm³/mol. The number of likely N-dealkylation sites (tertiary alicyclic amines) is 1. The number of ether oxygens (including phenoxy) is 2. The number of hydrogen-bond acceptors (Lipinski definition) is 7. The standard InChI is InChI=1S/C31H47N3O7/c1-7-31(4,5)26(27(37)34-17-23(36)15-25(34)28(38)40-6)32-29(39)41-19-30(2,3)14-9-8-11-21-12-10-13-22-16-33(20-35)18-24(21)22/h10,12-13,20,23,25-26,36H,7-9,11,14-19H2,1-6H3,(H,32,39)/t23-,25+,26?/m1/s1. The van der Waals surface area contributed by atoms with Gasteiger partial charge in [0.2, 0.25) is 12.3 Å². The second-order valence-corrected chi connectivity index (χ2v) is 12.9. The van der Waals surface area contributed by atoms with Crippen LogP contribution in [0.25, 0.3) is 0 Å². The van der Waals surface area contributed by atoms with Gasteiger partial charge in [0.05, 0.1) is 19.8 Å². The van der Waals surface area contributed by atoms with Crippen LogP contribution in [-0.4, -0.2) is 77.7 Å². The lowest BCUT2D eigenvalue weighted by molar-refractivity contribution is -0.152. The number of carbonyl (C=O) groups excluding carboxylic acids is 4. The zero-order chi connectivity index (χ0) is 30.4. The second kappa shape index (κ2) is 13.7. The van der Waals surface area contributed by atoms with Crippen molar-refractivity contribution < 1.29 is 33.8 Å². The quantitative estimate of drug-likeness (QED) is 0.210. The molecular weight excluding hydrogens is 526 g/mol. The van der Waals surface area contributed by atoms with Crippen LogP contribution in [0.5, 0.6) is 0 Å². The number of nitrogens with one attached hydrogen (secondary N) is 1. The minimum atomic E-state index is -0.941. The maximum Gasteiger partial charge on any atom is 0.407 e. The van der Waals surface area contributed by atoms with Crippen molar-refractivity contribution in [2.45, 2.75) is 104 Å². The molecule has 0 radical (unpaired) electrons. The SMILES string of the molecule is CCC(C)(C)C(NC(=O)OCC(C)(C)CCCCc1cccc2c1CN(C=O)C2)C(=O)N1C[C@H](O)C[C@H]1C(=O)OC. The molecule has 1 aromatic rings. The highest BCUT2D eigenvalue weighted by molar-refractivity contribution is 5.91. The third-order valence-electron chi connectivity index (χ3n) is 8.63. The third-order valence-corrected chi connectivity index (χ3v) is 8.63. The number of rotatable bonds is 13. The van der Waals surface area contributed by atoms with E-state index in [2.05, 4.69) is 23.5 Å². The molecule has 1 unspecified atom stereocenters. The number of methoxy groups -OCH3 is 1. The highest BCUT2D eigenvalue weighted by atomic mass is 16.5. The number of nitrogens with zero attached hydrogens (tertiary/aromatic N) is 2.